The van der Waals surface area contributed by atoms with Crippen molar-refractivity contribution in [2.75, 3.05) is 13.1 Å². The van der Waals surface area contributed by atoms with Crippen molar-refractivity contribution in [3.63, 3.8) is 0 Å². The first-order chi connectivity index (χ1) is 9.58. The molecule has 4 heteroatoms. The molecule has 1 heterocycles. The predicted molar refractivity (Wildman–Crippen MR) is 79.7 cm³/mol. The molecule has 1 aromatic carbocycles. The van der Waals surface area contributed by atoms with E-state index in [1.165, 1.54) is 6.42 Å². The van der Waals surface area contributed by atoms with E-state index in [1.54, 1.807) is 18.2 Å². The van der Waals surface area contributed by atoms with Crippen LogP contribution < -0.4 is 5.32 Å². The van der Waals surface area contributed by atoms with Crippen LogP contribution in [0, 0.1) is 0 Å². The number of hydrogen-bond donors (Lipinski definition) is 2. The molecular weight excluding hydrogens is 252 g/mol. The van der Waals surface area contributed by atoms with Crippen molar-refractivity contribution >= 4 is 5.91 Å². The molecule has 1 aromatic rings. The molecule has 0 aliphatic carbocycles. The van der Waals surface area contributed by atoms with Crippen molar-refractivity contribution in [2.24, 2.45) is 0 Å². The second-order valence-corrected chi connectivity index (χ2v) is 5.74. The molecule has 1 aliphatic rings. The van der Waals surface area contributed by atoms with Crippen LogP contribution in [0.4, 0.5) is 0 Å². The first-order valence-electron chi connectivity index (χ1n) is 7.37. The Kier molecular flexibility index (Phi) is 5.01. The minimum Gasteiger partial charge on any atom is -0.508 e. The van der Waals surface area contributed by atoms with Crippen LogP contribution in [0.5, 0.6) is 5.75 Å². The number of phenolic OH excluding ortho intramolecular Hbond substituents is 1. The SMILES string of the molecule is CC(C)N(CC1CCCN1)C(=O)Cc1ccccc1O. The van der Waals surface area contributed by atoms with Gasteiger partial charge in [-0.15, -0.1) is 0 Å². The van der Waals surface area contributed by atoms with E-state index in [2.05, 4.69) is 5.32 Å². The van der Waals surface area contributed by atoms with Crippen molar-refractivity contribution < 1.29 is 9.90 Å². The number of rotatable bonds is 5. The highest BCUT2D eigenvalue weighted by Crippen LogP contribution is 2.18. The lowest BCUT2D eigenvalue weighted by molar-refractivity contribution is -0.132. The lowest BCUT2D eigenvalue weighted by Gasteiger charge is -2.29. The van der Waals surface area contributed by atoms with Gasteiger partial charge in [-0.1, -0.05) is 18.2 Å². The van der Waals surface area contributed by atoms with Gasteiger partial charge in [-0.2, -0.15) is 0 Å². The highest BCUT2D eigenvalue weighted by molar-refractivity contribution is 5.79. The van der Waals surface area contributed by atoms with Crippen molar-refractivity contribution in [1.29, 1.82) is 0 Å². The van der Waals surface area contributed by atoms with Gasteiger partial charge in [0.25, 0.3) is 0 Å². The summed E-state index contributed by atoms with van der Waals surface area (Å²) in [4.78, 5) is 14.4. The quantitative estimate of drug-likeness (QED) is 0.864. The number of aromatic hydroxyl groups is 1. The molecule has 1 fully saturated rings. The second kappa shape index (κ2) is 6.75. The monoisotopic (exact) mass is 276 g/mol. The Balaban J connectivity index is 2.01. The Morgan fingerprint density at radius 2 is 2.20 bits per heavy atom. The highest BCUT2D eigenvalue weighted by atomic mass is 16.3. The van der Waals surface area contributed by atoms with E-state index in [0.29, 0.717) is 11.6 Å². The van der Waals surface area contributed by atoms with Gasteiger partial charge in [-0.3, -0.25) is 4.79 Å². The Hall–Kier alpha value is -1.55. The summed E-state index contributed by atoms with van der Waals surface area (Å²) in [6.07, 6.45) is 2.58. The molecule has 4 nitrogen and oxygen atoms in total. The van der Waals surface area contributed by atoms with Gasteiger partial charge in [0.2, 0.25) is 5.91 Å². The largest absolute Gasteiger partial charge is 0.508 e. The maximum absolute atomic E-state index is 12.5. The summed E-state index contributed by atoms with van der Waals surface area (Å²) in [5, 5.41) is 13.2. The number of carbonyl (C=O) groups excluding carboxylic acids is 1. The van der Waals surface area contributed by atoms with Crippen molar-refractivity contribution in [3.8, 4) is 5.75 Å². The van der Waals surface area contributed by atoms with Crippen LogP contribution in [0.1, 0.15) is 32.3 Å². The Bertz CT molecular complexity index is 454. The summed E-state index contributed by atoms with van der Waals surface area (Å²) in [5.41, 5.74) is 0.697. The van der Waals surface area contributed by atoms with E-state index in [0.717, 1.165) is 19.5 Å². The maximum atomic E-state index is 12.5. The molecule has 1 saturated heterocycles. The molecule has 2 N–H and O–H groups in total. The average Bonchev–Trinajstić information content (AvgIpc) is 2.91. The molecule has 110 valence electrons. The fourth-order valence-corrected chi connectivity index (χ4v) is 2.68. The Morgan fingerprint density at radius 3 is 2.80 bits per heavy atom. The van der Waals surface area contributed by atoms with Crippen molar-refractivity contribution in [2.45, 2.75) is 45.2 Å². The number of carbonyl (C=O) groups is 1. The van der Waals surface area contributed by atoms with Crippen molar-refractivity contribution in [3.05, 3.63) is 29.8 Å². The summed E-state index contributed by atoms with van der Waals surface area (Å²) in [7, 11) is 0. The van der Waals surface area contributed by atoms with E-state index in [1.807, 2.05) is 24.8 Å². The number of para-hydroxylation sites is 1. The molecule has 0 saturated carbocycles. The lowest BCUT2D eigenvalue weighted by Crippen LogP contribution is -2.45. The molecule has 0 aromatic heterocycles. The predicted octanol–water partition coefficient (Wildman–Crippen LogP) is 1.92. The van der Waals surface area contributed by atoms with Gasteiger partial charge in [-0.05, 0) is 39.3 Å². The molecule has 2 rings (SSSR count). The third-order valence-electron chi connectivity index (χ3n) is 3.86. The maximum Gasteiger partial charge on any atom is 0.227 e. The number of nitrogens with one attached hydrogen (secondary N) is 1. The molecule has 1 atom stereocenters. The Labute approximate surface area is 120 Å². The molecule has 0 spiro atoms. The van der Waals surface area contributed by atoms with Crippen molar-refractivity contribution in [1.82, 2.24) is 10.2 Å². The first kappa shape index (κ1) is 14.9. The lowest BCUT2D eigenvalue weighted by atomic mass is 10.1. The van der Waals surface area contributed by atoms with Crippen LogP contribution >= 0.6 is 0 Å². The third-order valence-corrected chi connectivity index (χ3v) is 3.86. The number of benzene rings is 1. The van der Waals surface area contributed by atoms with Gasteiger partial charge in [0.05, 0.1) is 6.42 Å². The fourth-order valence-electron chi connectivity index (χ4n) is 2.68. The van der Waals surface area contributed by atoms with Crippen LogP contribution in [-0.4, -0.2) is 41.1 Å². The van der Waals surface area contributed by atoms with Gasteiger partial charge in [0.1, 0.15) is 5.75 Å². The smallest absolute Gasteiger partial charge is 0.227 e. The summed E-state index contributed by atoms with van der Waals surface area (Å²) in [6, 6.07) is 7.63. The summed E-state index contributed by atoms with van der Waals surface area (Å²) < 4.78 is 0. The average molecular weight is 276 g/mol. The third kappa shape index (κ3) is 3.73. The molecule has 0 bridgehead atoms. The normalized spacial score (nSPS) is 18.4. The number of amides is 1. The van der Waals surface area contributed by atoms with Gasteiger partial charge in [-0.25, -0.2) is 0 Å². The van der Waals surface area contributed by atoms with Gasteiger partial charge >= 0.3 is 0 Å². The van der Waals surface area contributed by atoms with Crippen LogP contribution in [0.15, 0.2) is 24.3 Å². The highest BCUT2D eigenvalue weighted by Gasteiger charge is 2.23. The molecule has 0 radical (unpaired) electrons. The molecular formula is C16H24N2O2. The van der Waals surface area contributed by atoms with E-state index in [4.69, 9.17) is 0 Å². The van der Waals surface area contributed by atoms with Crippen LogP contribution in [0.3, 0.4) is 0 Å². The number of phenols is 1. The zero-order chi connectivity index (χ0) is 14.5. The van der Waals surface area contributed by atoms with Crippen LogP contribution in [0.2, 0.25) is 0 Å². The zero-order valence-electron chi connectivity index (χ0n) is 12.3. The minimum atomic E-state index is 0.0789. The summed E-state index contributed by atoms with van der Waals surface area (Å²) >= 11 is 0. The molecule has 1 aliphatic heterocycles. The van der Waals surface area contributed by atoms with E-state index in [-0.39, 0.29) is 24.1 Å². The van der Waals surface area contributed by atoms with Gasteiger partial charge in [0, 0.05) is 24.2 Å². The standard InChI is InChI=1S/C16H24N2O2/c1-12(2)18(11-14-7-5-9-17-14)16(20)10-13-6-3-4-8-15(13)19/h3-4,6,8,12,14,17,19H,5,7,9-11H2,1-2H3. The fraction of sp³-hybridized carbons (Fsp3) is 0.562. The molecule has 1 amide bonds. The van der Waals surface area contributed by atoms with Gasteiger partial charge < -0.3 is 15.3 Å². The summed E-state index contributed by atoms with van der Waals surface area (Å²) in [5.74, 6) is 0.277. The molecule has 1 unspecified atom stereocenters. The second-order valence-electron chi connectivity index (χ2n) is 5.74. The number of hydrogen-bond acceptors (Lipinski definition) is 3. The zero-order valence-corrected chi connectivity index (χ0v) is 12.3. The van der Waals surface area contributed by atoms with Gasteiger partial charge in [0.15, 0.2) is 0 Å². The summed E-state index contributed by atoms with van der Waals surface area (Å²) in [6.45, 7) is 5.88. The van der Waals surface area contributed by atoms with E-state index in [9.17, 15) is 9.90 Å². The first-order valence-corrected chi connectivity index (χ1v) is 7.37. The minimum absolute atomic E-state index is 0.0789. The van der Waals surface area contributed by atoms with Crippen LogP contribution in [0.25, 0.3) is 0 Å². The Morgan fingerprint density at radius 1 is 1.45 bits per heavy atom. The van der Waals surface area contributed by atoms with E-state index < -0.39 is 0 Å². The topological polar surface area (TPSA) is 52.6 Å². The molecule has 20 heavy (non-hydrogen) atoms. The number of nitrogens with zero attached hydrogens (tertiary/aromatic N) is 1. The van der Waals surface area contributed by atoms with E-state index >= 15 is 0 Å². The van der Waals surface area contributed by atoms with Crippen LogP contribution in [-0.2, 0) is 11.2 Å².